The molecule has 0 fully saturated rings. The van der Waals surface area contributed by atoms with E-state index in [2.05, 4.69) is 0 Å². The molecule has 1 heterocycles. The minimum Gasteiger partial charge on any atom is -0.486 e. The summed E-state index contributed by atoms with van der Waals surface area (Å²) in [6.45, 7) is 1.72. The van der Waals surface area contributed by atoms with Gasteiger partial charge in [-0.2, -0.15) is 8.78 Å². The van der Waals surface area contributed by atoms with Crippen LogP contribution < -0.4 is 15.2 Å². The molecule has 0 aliphatic carbocycles. The number of nitrogens with two attached hydrogens (primary N) is 1. The summed E-state index contributed by atoms with van der Waals surface area (Å²) < 4.78 is 37.6. The van der Waals surface area contributed by atoms with Crippen molar-refractivity contribution in [2.45, 2.75) is 12.8 Å². The Bertz CT molecular complexity index is 407. The number of hydrogen-bond acceptors (Lipinski definition) is 3. The topological polar surface area (TPSA) is 44.5 Å². The van der Waals surface area contributed by atoms with Crippen molar-refractivity contribution in [2.75, 3.05) is 19.8 Å². The zero-order valence-corrected chi connectivity index (χ0v) is 8.93. The van der Waals surface area contributed by atoms with Crippen molar-refractivity contribution < 1.29 is 18.3 Å². The lowest BCUT2D eigenvalue weighted by Crippen LogP contribution is -2.26. The van der Waals surface area contributed by atoms with Crippen molar-refractivity contribution in [3.05, 3.63) is 23.3 Å². The van der Waals surface area contributed by atoms with E-state index in [-0.39, 0.29) is 5.56 Å². The van der Waals surface area contributed by atoms with Crippen LogP contribution in [0, 0.1) is 6.92 Å². The van der Waals surface area contributed by atoms with E-state index in [0.717, 1.165) is 0 Å². The zero-order chi connectivity index (χ0) is 11.8. The van der Waals surface area contributed by atoms with Gasteiger partial charge >= 0.3 is 0 Å². The molecular weight excluding hydrogens is 216 g/mol. The van der Waals surface area contributed by atoms with Crippen LogP contribution in [0.1, 0.15) is 11.1 Å². The van der Waals surface area contributed by atoms with Crippen molar-refractivity contribution in [1.82, 2.24) is 0 Å². The molecule has 0 saturated heterocycles. The highest BCUT2D eigenvalue weighted by Gasteiger charge is 2.33. The van der Waals surface area contributed by atoms with Crippen LogP contribution in [-0.2, 0) is 5.92 Å². The molecule has 0 aromatic heterocycles. The van der Waals surface area contributed by atoms with Crippen molar-refractivity contribution in [3.8, 4) is 11.5 Å². The number of halogens is 2. The van der Waals surface area contributed by atoms with Gasteiger partial charge in [-0.1, -0.05) is 0 Å². The first-order chi connectivity index (χ1) is 7.54. The van der Waals surface area contributed by atoms with E-state index in [1.807, 2.05) is 0 Å². The maximum Gasteiger partial charge on any atom is 0.285 e. The van der Waals surface area contributed by atoms with Gasteiger partial charge in [0.15, 0.2) is 11.5 Å². The molecule has 0 amide bonds. The summed E-state index contributed by atoms with van der Waals surface area (Å²) >= 11 is 0. The molecule has 5 heteroatoms. The maximum atomic E-state index is 13.5. The molecule has 16 heavy (non-hydrogen) atoms. The standard InChI is InChI=1S/C11H13F2NO2/c1-7-4-9-10(16-3-2-15-9)5-8(7)11(12,13)6-14/h4-5H,2-3,6,14H2,1H3. The summed E-state index contributed by atoms with van der Waals surface area (Å²) in [5.41, 5.74) is 5.42. The maximum absolute atomic E-state index is 13.5. The molecule has 1 aliphatic heterocycles. The van der Waals surface area contributed by atoms with Gasteiger partial charge in [0.25, 0.3) is 5.92 Å². The molecule has 2 N–H and O–H groups in total. The van der Waals surface area contributed by atoms with E-state index in [1.165, 1.54) is 6.07 Å². The smallest absolute Gasteiger partial charge is 0.285 e. The van der Waals surface area contributed by atoms with Crippen LogP contribution in [0.3, 0.4) is 0 Å². The third-order valence-electron chi connectivity index (χ3n) is 2.54. The molecular formula is C11H13F2NO2. The number of rotatable bonds is 2. The Hall–Kier alpha value is -1.36. The normalized spacial score (nSPS) is 15.0. The molecule has 0 bridgehead atoms. The summed E-state index contributed by atoms with van der Waals surface area (Å²) in [6.07, 6.45) is 0. The molecule has 0 spiro atoms. The second-order valence-corrected chi connectivity index (χ2v) is 3.72. The Kier molecular flexibility index (Phi) is 2.71. The molecule has 0 radical (unpaired) electrons. The Balaban J connectivity index is 2.47. The fourth-order valence-corrected chi connectivity index (χ4v) is 1.69. The third kappa shape index (κ3) is 1.82. The molecule has 1 aromatic rings. The van der Waals surface area contributed by atoms with Crippen LogP contribution in [-0.4, -0.2) is 19.8 Å². The van der Waals surface area contributed by atoms with Crippen LogP contribution in [0.25, 0.3) is 0 Å². The second kappa shape index (κ2) is 3.90. The first-order valence-corrected chi connectivity index (χ1v) is 5.03. The Morgan fingerprint density at radius 3 is 2.38 bits per heavy atom. The van der Waals surface area contributed by atoms with E-state index in [9.17, 15) is 8.78 Å². The number of benzene rings is 1. The largest absolute Gasteiger partial charge is 0.486 e. The monoisotopic (exact) mass is 229 g/mol. The van der Waals surface area contributed by atoms with Gasteiger partial charge in [-0.25, -0.2) is 0 Å². The van der Waals surface area contributed by atoms with Gasteiger partial charge in [0, 0.05) is 5.56 Å². The molecule has 0 atom stereocenters. The molecule has 0 saturated carbocycles. The van der Waals surface area contributed by atoms with E-state index in [0.29, 0.717) is 30.3 Å². The van der Waals surface area contributed by atoms with Crippen molar-refractivity contribution >= 4 is 0 Å². The predicted molar refractivity (Wildman–Crippen MR) is 55.1 cm³/mol. The van der Waals surface area contributed by atoms with Gasteiger partial charge in [0.1, 0.15) is 13.2 Å². The first kappa shape index (κ1) is 11.1. The summed E-state index contributed by atoms with van der Waals surface area (Å²) in [7, 11) is 0. The van der Waals surface area contributed by atoms with Crippen molar-refractivity contribution in [3.63, 3.8) is 0 Å². The van der Waals surface area contributed by atoms with Crippen LogP contribution >= 0.6 is 0 Å². The molecule has 88 valence electrons. The SMILES string of the molecule is Cc1cc2c(cc1C(F)(F)CN)OCCO2. The Morgan fingerprint density at radius 2 is 1.81 bits per heavy atom. The number of alkyl halides is 2. The average molecular weight is 229 g/mol. The third-order valence-corrected chi connectivity index (χ3v) is 2.54. The summed E-state index contributed by atoms with van der Waals surface area (Å²) in [4.78, 5) is 0. The highest BCUT2D eigenvalue weighted by Crippen LogP contribution is 2.38. The minimum absolute atomic E-state index is 0.0979. The lowest BCUT2D eigenvalue weighted by molar-refractivity contribution is 0.00482. The van der Waals surface area contributed by atoms with Crippen LogP contribution in [0.4, 0.5) is 8.78 Å². The number of fused-ring (bicyclic) bond motifs is 1. The minimum atomic E-state index is -3.03. The fraction of sp³-hybridized carbons (Fsp3) is 0.455. The molecule has 2 rings (SSSR count). The predicted octanol–water partition coefficient (Wildman–Crippen LogP) is 1.82. The van der Waals surface area contributed by atoms with Crippen LogP contribution in [0.5, 0.6) is 11.5 Å². The van der Waals surface area contributed by atoms with Gasteiger partial charge in [-0.3, -0.25) is 0 Å². The van der Waals surface area contributed by atoms with E-state index in [4.69, 9.17) is 15.2 Å². The van der Waals surface area contributed by atoms with Crippen LogP contribution in [0.2, 0.25) is 0 Å². The van der Waals surface area contributed by atoms with Gasteiger partial charge in [-0.15, -0.1) is 0 Å². The highest BCUT2D eigenvalue weighted by molar-refractivity contribution is 5.49. The van der Waals surface area contributed by atoms with Crippen molar-refractivity contribution in [2.24, 2.45) is 5.73 Å². The molecule has 1 aromatic carbocycles. The fourth-order valence-electron chi connectivity index (χ4n) is 1.69. The lowest BCUT2D eigenvalue weighted by atomic mass is 10.0. The lowest BCUT2D eigenvalue weighted by Gasteiger charge is -2.23. The van der Waals surface area contributed by atoms with Gasteiger partial charge in [-0.05, 0) is 24.6 Å². The van der Waals surface area contributed by atoms with Crippen molar-refractivity contribution in [1.29, 1.82) is 0 Å². The van der Waals surface area contributed by atoms with E-state index in [1.54, 1.807) is 13.0 Å². The summed E-state index contributed by atoms with van der Waals surface area (Å²) in [5.74, 6) is -2.15. The summed E-state index contributed by atoms with van der Waals surface area (Å²) in [5, 5.41) is 0. The number of aryl methyl sites for hydroxylation is 1. The number of hydrogen-bond donors (Lipinski definition) is 1. The zero-order valence-electron chi connectivity index (χ0n) is 8.93. The molecule has 1 aliphatic rings. The van der Waals surface area contributed by atoms with Gasteiger partial charge < -0.3 is 15.2 Å². The van der Waals surface area contributed by atoms with Gasteiger partial charge in [0.05, 0.1) is 6.54 Å². The van der Waals surface area contributed by atoms with E-state index >= 15 is 0 Å². The first-order valence-electron chi connectivity index (χ1n) is 5.03. The molecule has 0 unspecified atom stereocenters. The molecule has 3 nitrogen and oxygen atoms in total. The average Bonchev–Trinajstić information content (AvgIpc) is 2.28. The quantitative estimate of drug-likeness (QED) is 0.841. The Labute approximate surface area is 92.1 Å². The summed E-state index contributed by atoms with van der Waals surface area (Å²) in [6, 6.07) is 2.88. The second-order valence-electron chi connectivity index (χ2n) is 3.72. The van der Waals surface area contributed by atoms with E-state index < -0.39 is 12.5 Å². The Morgan fingerprint density at radius 1 is 1.25 bits per heavy atom. The number of ether oxygens (including phenoxy) is 2. The highest BCUT2D eigenvalue weighted by atomic mass is 19.3. The van der Waals surface area contributed by atoms with Gasteiger partial charge in [0.2, 0.25) is 0 Å². The van der Waals surface area contributed by atoms with Crippen LogP contribution in [0.15, 0.2) is 12.1 Å².